The predicted octanol–water partition coefficient (Wildman–Crippen LogP) is 5.19. The summed E-state index contributed by atoms with van der Waals surface area (Å²) in [6.45, 7) is 1.74. The lowest BCUT2D eigenvalue weighted by molar-refractivity contribution is -0.0794. The number of ether oxygens (including phenoxy) is 1. The molecule has 0 bridgehead atoms. The number of hydrogen-bond donors (Lipinski definition) is 0. The van der Waals surface area contributed by atoms with Gasteiger partial charge in [0.25, 0.3) is 0 Å². The fourth-order valence-corrected chi connectivity index (χ4v) is 2.18. The van der Waals surface area contributed by atoms with Crippen molar-refractivity contribution in [3.05, 3.63) is 77.4 Å². The minimum absolute atomic E-state index is 0.0128. The molecule has 2 aromatic rings. The first-order valence-electron chi connectivity index (χ1n) is 7.43. The van der Waals surface area contributed by atoms with E-state index in [0.717, 1.165) is 5.56 Å². The van der Waals surface area contributed by atoms with Gasteiger partial charge in [0.15, 0.2) is 0 Å². The Morgan fingerprint density at radius 1 is 1.00 bits per heavy atom. The van der Waals surface area contributed by atoms with E-state index in [2.05, 4.69) is 0 Å². The summed E-state index contributed by atoms with van der Waals surface area (Å²) in [4.78, 5) is 11.8. The third kappa shape index (κ3) is 5.57. The molecule has 2 rings (SSSR count). The van der Waals surface area contributed by atoms with E-state index in [1.807, 2.05) is 6.92 Å². The predicted molar refractivity (Wildman–Crippen MR) is 86.6 cm³/mol. The molecule has 0 fully saturated rings. The highest BCUT2D eigenvalue weighted by molar-refractivity contribution is 5.89. The van der Waals surface area contributed by atoms with E-state index in [4.69, 9.17) is 4.74 Å². The van der Waals surface area contributed by atoms with Crippen LogP contribution in [0.2, 0.25) is 0 Å². The minimum atomic E-state index is -4.43. The number of allylic oxidation sites excluding steroid dienone is 1. The molecule has 5 heteroatoms. The molecule has 0 aliphatic rings. The molecule has 24 heavy (non-hydrogen) atoms. The molecule has 0 heterocycles. The lowest BCUT2D eigenvalue weighted by Crippen LogP contribution is -2.08. The normalized spacial score (nSPS) is 12.1. The highest BCUT2D eigenvalue weighted by Gasteiger charge is 2.25. The molecule has 0 atom stereocenters. The van der Waals surface area contributed by atoms with Gasteiger partial charge >= 0.3 is 12.1 Å². The topological polar surface area (TPSA) is 26.3 Å². The Labute approximate surface area is 138 Å². The van der Waals surface area contributed by atoms with Crippen LogP contribution in [0.25, 0.3) is 5.57 Å². The summed E-state index contributed by atoms with van der Waals surface area (Å²) in [5.41, 5.74) is 1.88. The Bertz CT molecular complexity index is 702. The van der Waals surface area contributed by atoms with Crippen LogP contribution >= 0.6 is 0 Å². The first-order chi connectivity index (χ1) is 11.3. The zero-order valence-corrected chi connectivity index (χ0v) is 13.1. The second kappa shape index (κ2) is 7.81. The number of carbonyl (C=O) groups is 1. The molecule has 2 aromatic carbocycles. The molecule has 2 nitrogen and oxygen atoms in total. The quantitative estimate of drug-likeness (QED) is 0.704. The fourth-order valence-electron chi connectivity index (χ4n) is 2.18. The summed E-state index contributed by atoms with van der Waals surface area (Å²) in [7, 11) is 0. The van der Waals surface area contributed by atoms with Gasteiger partial charge < -0.3 is 4.74 Å². The Kier molecular flexibility index (Phi) is 5.79. The fraction of sp³-hybridized carbons (Fsp3) is 0.211. The first-order valence-corrected chi connectivity index (χ1v) is 7.43. The third-order valence-corrected chi connectivity index (χ3v) is 3.37. The van der Waals surface area contributed by atoms with E-state index in [-0.39, 0.29) is 24.7 Å². The van der Waals surface area contributed by atoms with Crippen molar-refractivity contribution in [2.24, 2.45) is 0 Å². The minimum Gasteiger partial charge on any atom is -0.462 e. The smallest absolute Gasteiger partial charge is 0.410 e. The van der Waals surface area contributed by atoms with Gasteiger partial charge in [-0.2, -0.15) is 13.2 Å². The van der Waals surface area contributed by atoms with Crippen LogP contribution in [0.4, 0.5) is 13.2 Å². The van der Waals surface area contributed by atoms with Gasteiger partial charge in [0.2, 0.25) is 0 Å². The summed E-state index contributed by atoms with van der Waals surface area (Å²) in [5, 5.41) is 0. The first kappa shape index (κ1) is 17.8. The number of alkyl halides is 3. The van der Waals surface area contributed by atoms with E-state index >= 15 is 0 Å². The van der Waals surface area contributed by atoms with Crippen molar-refractivity contribution in [3.8, 4) is 0 Å². The van der Waals surface area contributed by atoms with E-state index in [9.17, 15) is 18.0 Å². The molecule has 126 valence electrons. The third-order valence-electron chi connectivity index (χ3n) is 3.37. The molecule has 0 spiro atoms. The standard InChI is InChI=1S/C19H17F3O2/c1-14-7-9-15(10-8-14)17(13-19(20,21)22)11-12-24-18(23)16-5-3-2-4-6-16/h2-10,13H,11-12H2,1H3/b17-13+. The van der Waals surface area contributed by atoms with Gasteiger partial charge in [0.1, 0.15) is 0 Å². The van der Waals surface area contributed by atoms with E-state index in [1.54, 1.807) is 54.6 Å². The zero-order valence-electron chi connectivity index (χ0n) is 13.1. The summed E-state index contributed by atoms with van der Waals surface area (Å²) >= 11 is 0. The summed E-state index contributed by atoms with van der Waals surface area (Å²) in [6, 6.07) is 15.1. The second-order valence-electron chi connectivity index (χ2n) is 5.33. The molecule has 0 saturated heterocycles. The Morgan fingerprint density at radius 2 is 1.62 bits per heavy atom. The molecule has 0 aliphatic carbocycles. The monoisotopic (exact) mass is 334 g/mol. The average Bonchev–Trinajstić information content (AvgIpc) is 2.54. The molecule has 0 amide bonds. The number of hydrogen-bond acceptors (Lipinski definition) is 2. The number of rotatable bonds is 5. The van der Waals surface area contributed by atoms with Gasteiger partial charge in [-0.25, -0.2) is 4.79 Å². The maximum absolute atomic E-state index is 12.7. The summed E-state index contributed by atoms with van der Waals surface area (Å²) in [5.74, 6) is -0.550. The van der Waals surface area contributed by atoms with Crippen molar-refractivity contribution in [2.45, 2.75) is 19.5 Å². The van der Waals surface area contributed by atoms with E-state index in [1.165, 1.54) is 0 Å². The van der Waals surface area contributed by atoms with E-state index in [0.29, 0.717) is 11.1 Å². The number of carbonyl (C=O) groups excluding carboxylic acids is 1. The largest absolute Gasteiger partial charge is 0.462 e. The van der Waals surface area contributed by atoms with Crippen molar-refractivity contribution < 1.29 is 22.7 Å². The zero-order chi connectivity index (χ0) is 17.6. The SMILES string of the molecule is Cc1ccc(/C(=C/C(F)(F)F)CCOC(=O)c2ccccc2)cc1. The van der Waals surface area contributed by atoms with Crippen LogP contribution in [0.1, 0.15) is 27.9 Å². The number of halogens is 3. The average molecular weight is 334 g/mol. The Morgan fingerprint density at radius 3 is 2.21 bits per heavy atom. The van der Waals surface area contributed by atoms with Crippen LogP contribution in [0, 0.1) is 6.92 Å². The van der Waals surface area contributed by atoms with Crippen molar-refractivity contribution in [2.75, 3.05) is 6.61 Å². The highest BCUT2D eigenvalue weighted by Crippen LogP contribution is 2.26. The molecule has 0 radical (unpaired) electrons. The lowest BCUT2D eigenvalue weighted by Gasteiger charge is -2.11. The molecule has 0 aliphatic heterocycles. The van der Waals surface area contributed by atoms with E-state index < -0.39 is 12.1 Å². The lowest BCUT2D eigenvalue weighted by atomic mass is 10.0. The van der Waals surface area contributed by atoms with Gasteiger partial charge in [0, 0.05) is 12.5 Å². The van der Waals surface area contributed by atoms with Gasteiger partial charge in [0.05, 0.1) is 12.2 Å². The maximum atomic E-state index is 12.7. The molecule has 0 unspecified atom stereocenters. The highest BCUT2D eigenvalue weighted by atomic mass is 19.4. The van der Waals surface area contributed by atoms with Crippen LogP contribution < -0.4 is 0 Å². The maximum Gasteiger partial charge on any atom is 0.410 e. The summed E-state index contributed by atoms with van der Waals surface area (Å²) in [6.07, 6.45) is -4.18. The van der Waals surface area contributed by atoms with Gasteiger partial charge in [-0.15, -0.1) is 0 Å². The van der Waals surface area contributed by atoms with Crippen molar-refractivity contribution in [3.63, 3.8) is 0 Å². The Balaban J connectivity index is 2.05. The van der Waals surface area contributed by atoms with Crippen molar-refractivity contribution in [1.29, 1.82) is 0 Å². The van der Waals surface area contributed by atoms with Crippen LogP contribution in [0.5, 0.6) is 0 Å². The summed E-state index contributed by atoms with van der Waals surface area (Å²) < 4.78 is 43.3. The number of benzene rings is 2. The number of esters is 1. The van der Waals surface area contributed by atoms with Crippen molar-refractivity contribution >= 4 is 11.5 Å². The molecular weight excluding hydrogens is 317 g/mol. The molecular formula is C19H17F3O2. The molecule has 0 aromatic heterocycles. The second-order valence-corrected chi connectivity index (χ2v) is 5.33. The number of aryl methyl sites for hydroxylation is 1. The van der Waals surface area contributed by atoms with Gasteiger partial charge in [-0.05, 0) is 30.2 Å². The van der Waals surface area contributed by atoms with Gasteiger partial charge in [-0.1, -0.05) is 48.0 Å². The van der Waals surface area contributed by atoms with Gasteiger partial charge in [-0.3, -0.25) is 0 Å². The van der Waals surface area contributed by atoms with Crippen LogP contribution in [0.15, 0.2) is 60.7 Å². The molecule has 0 saturated carbocycles. The van der Waals surface area contributed by atoms with Crippen LogP contribution in [-0.2, 0) is 4.74 Å². The van der Waals surface area contributed by atoms with Crippen LogP contribution in [0.3, 0.4) is 0 Å². The van der Waals surface area contributed by atoms with Crippen LogP contribution in [-0.4, -0.2) is 18.8 Å². The molecule has 0 N–H and O–H groups in total. The Hall–Kier alpha value is -2.56. The van der Waals surface area contributed by atoms with Crippen molar-refractivity contribution in [1.82, 2.24) is 0 Å².